The van der Waals surface area contributed by atoms with E-state index in [4.69, 9.17) is 16.3 Å². The van der Waals surface area contributed by atoms with Gasteiger partial charge in [-0.2, -0.15) is 0 Å². The summed E-state index contributed by atoms with van der Waals surface area (Å²) in [5.74, 6) is -0.488. The number of carbonyl (C=O) groups is 1. The van der Waals surface area contributed by atoms with E-state index in [2.05, 4.69) is 10.6 Å². The SMILES string of the molecule is CNc1c(F)cccc1C(=O)Nc1cc(Cl)ccc1OC. The first-order chi connectivity index (χ1) is 10.1. The minimum atomic E-state index is -0.497. The molecule has 0 saturated carbocycles. The Kier molecular flexibility index (Phi) is 4.65. The molecule has 0 heterocycles. The summed E-state index contributed by atoms with van der Waals surface area (Å²) in [6.45, 7) is 0. The lowest BCUT2D eigenvalue weighted by Gasteiger charge is -2.13. The van der Waals surface area contributed by atoms with Gasteiger partial charge in [-0.15, -0.1) is 0 Å². The molecule has 2 N–H and O–H groups in total. The van der Waals surface area contributed by atoms with Crippen LogP contribution in [0.25, 0.3) is 0 Å². The molecule has 110 valence electrons. The average Bonchev–Trinajstić information content (AvgIpc) is 2.47. The normalized spacial score (nSPS) is 10.1. The van der Waals surface area contributed by atoms with Crippen LogP contribution in [0.15, 0.2) is 36.4 Å². The molecule has 0 aliphatic heterocycles. The number of rotatable bonds is 4. The number of anilines is 2. The second-order valence-electron chi connectivity index (χ2n) is 4.21. The Morgan fingerprint density at radius 2 is 2.05 bits per heavy atom. The van der Waals surface area contributed by atoms with Crippen molar-refractivity contribution >= 4 is 28.9 Å². The van der Waals surface area contributed by atoms with Crippen LogP contribution in [0, 0.1) is 5.82 Å². The highest BCUT2D eigenvalue weighted by Gasteiger charge is 2.16. The van der Waals surface area contributed by atoms with E-state index in [0.717, 1.165) is 0 Å². The molecule has 2 aromatic carbocycles. The fraction of sp³-hybridized carbons (Fsp3) is 0.133. The van der Waals surface area contributed by atoms with Crippen LogP contribution < -0.4 is 15.4 Å². The molecule has 0 unspecified atom stereocenters. The summed E-state index contributed by atoms with van der Waals surface area (Å²) in [5, 5.41) is 5.80. The minimum absolute atomic E-state index is 0.135. The zero-order chi connectivity index (χ0) is 15.4. The first kappa shape index (κ1) is 15.1. The van der Waals surface area contributed by atoms with E-state index in [9.17, 15) is 9.18 Å². The van der Waals surface area contributed by atoms with E-state index in [1.165, 1.54) is 25.3 Å². The lowest BCUT2D eigenvalue weighted by atomic mass is 10.1. The summed E-state index contributed by atoms with van der Waals surface area (Å²) in [5.41, 5.74) is 0.747. The van der Waals surface area contributed by atoms with E-state index >= 15 is 0 Å². The molecule has 0 bridgehead atoms. The molecule has 21 heavy (non-hydrogen) atoms. The third kappa shape index (κ3) is 3.25. The number of amides is 1. The van der Waals surface area contributed by atoms with E-state index < -0.39 is 11.7 Å². The Bertz CT molecular complexity index is 677. The number of methoxy groups -OCH3 is 1. The van der Waals surface area contributed by atoms with Crippen molar-refractivity contribution in [2.24, 2.45) is 0 Å². The zero-order valence-electron chi connectivity index (χ0n) is 11.5. The maximum atomic E-state index is 13.7. The molecule has 0 aliphatic rings. The Hall–Kier alpha value is -2.27. The lowest BCUT2D eigenvalue weighted by molar-refractivity contribution is 0.102. The van der Waals surface area contributed by atoms with Crippen LogP contribution in [-0.4, -0.2) is 20.1 Å². The number of hydrogen-bond donors (Lipinski definition) is 2. The highest BCUT2D eigenvalue weighted by atomic mass is 35.5. The predicted octanol–water partition coefficient (Wildman–Crippen LogP) is 3.78. The molecule has 0 aromatic heterocycles. The van der Waals surface area contributed by atoms with Gasteiger partial charge < -0.3 is 15.4 Å². The van der Waals surface area contributed by atoms with Crippen molar-refractivity contribution < 1.29 is 13.9 Å². The summed E-state index contributed by atoms with van der Waals surface area (Å²) in [6, 6.07) is 9.14. The van der Waals surface area contributed by atoms with Gasteiger partial charge in [0, 0.05) is 12.1 Å². The smallest absolute Gasteiger partial charge is 0.257 e. The molecule has 0 spiro atoms. The van der Waals surface area contributed by atoms with Gasteiger partial charge >= 0.3 is 0 Å². The fourth-order valence-corrected chi connectivity index (χ4v) is 2.11. The molecule has 0 radical (unpaired) electrons. The number of carbonyl (C=O) groups excluding carboxylic acids is 1. The molecular formula is C15H14ClFN2O2. The molecule has 0 atom stereocenters. The summed E-state index contributed by atoms with van der Waals surface area (Å²) < 4.78 is 18.8. The molecule has 2 aromatic rings. The first-order valence-corrected chi connectivity index (χ1v) is 6.55. The van der Waals surface area contributed by atoms with Gasteiger partial charge in [-0.3, -0.25) is 4.79 Å². The van der Waals surface area contributed by atoms with Crippen LogP contribution in [0.3, 0.4) is 0 Å². The Labute approximate surface area is 126 Å². The maximum Gasteiger partial charge on any atom is 0.257 e. The first-order valence-electron chi connectivity index (χ1n) is 6.18. The lowest BCUT2D eigenvalue weighted by Crippen LogP contribution is -2.15. The monoisotopic (exact) mass is 308 g/mol. The van der Waals surface area contributed by atoms with Gasteiger partial charge in [0.2, 0.25) is 0 Å². The van der Waals surface area contributed by atoms with Crippen molar-refractivity contribution in [2.75, 3.05) is 24.8 Å². The van der Waals surface area contributed by atoms with E-state index in [1.807, 2.05) is 0 Å². The van der Waals surface area contributed by atoms with E-state index in [1.54, 1.807) is 25.2 Å². The molecule has 1 amide bonds. The number of benzene rings is 2. The average molecular weight is 309 g/mol. The molecule has 4 nitrogen and oxygen atoms in total. The summed E-state index contributed by atoms with van der Waals surface area (Å²) >= 11 is 5.91. The Morgan fingerprint density at radius 1 is 1.29 bits per heavy atom. The molecule has 6 heteroatoms. The third-order valence-electron chi connectivity index (χ3n) is 2.92. The van der Waals surface area contributed by atoms with Crippen molar-refractivity contribution in [2.45, 2.75) is 0 Å². The van der Waals surface area contributed by atoms with Crippen molar-refractivity contribution in [3.63, 3.8) is 0 Å². The minimum Gasteiger partial charge on any atom is -0.495 e. The van der Waals surface area contributed by atoms with Crippen molar-refractivity contribution in [1.29, 1.82) is 0 Å². The summed E-state index contributed by atoms with van der Waals surface area (Å²) in [6.07, 6.45) is 0. The van der Waals surface area contributed by atoms with Crippen molar-refractivity contribution in [3.8, 4) is 5.75 Å². The summed E-state index contributed by atoms with van der Waals surface area (Å²) in [4.78, 5) is 12.3. The van der Waals surface area contributed by atoms with Crippen LogP contribution in [0.4, 0.5) is 15.8 Å². The second-order valence-corrected chi connectivity index (χ2v) is 4.65. The third-order valence-corrected chi connectivity index (χ3v) is 3.15. The highest BCUT2D eigenvalue weighted by Crippen LogP contribution is 2.29. The van der Waals surface area contributed by atoms with Gasteiger partial charge in [0.25, 0.3) is 5.91 Å². The number of para-hydroxylation sites is 1. The fourth-order valence-electron chi connectivity index (χ4n) is 1.93. The van der Waals surface area contributed by atoms with Gasteiger partial charge in [-0.25, -0.2) is 4.39 Å². The van der Waals surface area contributed by atoms with Crippen molar-refractivity contribution in [3.05, 3.63) is 52.8 Å². The van der Waals surface area contributed by atoms with Gasteiger partial charge in [-0.1, -0.05) is 17.7 Å². The number of ether oxygens (including phenoxy) is 1. The van der Waals surface area contributed by atoms with Crippen LogP contribution in [0.1, 0.15) is 10.4 Å². The maximum absolute atomic E-state index is 13.7. The highest BCUT2D eigenvalue weighted by molar-refractivity contribution is 6.31. The van der Waals surface area contributed by atoms with Crippen molar-refractivity contribution in [1.82, 2.24) is 0 Å². The summed E-state index contributed by atoms with van der Waals surface area (Å²) in [7, 11) is 3.04. The van der Waals surface area contributed by atoms with Gasteiger partial charge in [-0.05, 0) is 30.3 Å². The topological polar surface area (TPSA) is 50.4 Å². The predicted molar refractivity (Wildman–Crippen MR) is 81.9 cm³/mol. The van der Waals surface area contributed by atoms with E-state index in [0.29, 0.717) is 16.5 Å². The molecule has 0 aliphatic carbocycles. The van der Waals surface area contributed by atoms with Gasteiger partial charge in [0.15, 0.2) is 0 Å². The van der Waals surface area contributed by atoms with Crippen LogP contribution >= 0.6 is 11.6 Å². The molecule has 0 fully saturated rings. The molecular weight excluding hydrogens is 295 g/mol. The van der Waals surface area contributed by atoms with Crippen LogP contribution in [0.2, 0.25) is 5.02 Å². The molecule has 0 saturated heterocycles. The standard InChI is InChI=1S/C15H14ClFN2O2/c1-18-14-10(4-3-5-11(14)17)15(20)19-12-8-9(16)6-7-13(12)21-2/h3-8,18H,1-2H3,(H,19,20). The quantitative estimate of drug-likeness (QED) is 0.903. The number of halogens is 2. The largest absolute Gasteiger partial charge is 0.495 e. The number of nitrogens with one attached hydrogen (secondary N) is 2. The molecule has 2 rings (SSSR count). The van der Waals surface area contributed by atoms with Gasteiger partial charge in [0.05, 0.1) is 24.0 Å². The Morgan fingerprint density at radius 3 is 2.71 bits per heavy atom. The zero-order valence-corrected chi connectivity index (χ0v) is 12.3. The van der Waals surface area contributed by atoms with E-state index in [-0.39, 0.29) is 11.3 Å². The van der Waals surface area contributed by atoms with Crippen LogP contribution in [-0.2, 0) is 0 Å². The second kappa shape index (κ2) is 6.45. The van der Waals surface area contributed by atoms with Crippen LogP contribution in [0.5, 0.6) is 5.75 Å². The van der Waals surface area contributed by atoms with Gasteiger partial charge in [0.1, 0.15) is 11.6 Å². The Balaban J connectivity index is 2.35. The number of hydrogen-bond acceptors (Lipinski definition) is 3.